The Hall–Kier alpha value is -6.63. The molecule has 21 heteroatoms. The molecular formula is C52H69N6O14P. The lowest BCUT2D eigenvalue weighted by Gasteiger charge is -2.32. The van der Waals surface area contributed by atoms with Crippen LogP contribution >= 0.6 is 7.60 Å². The van der Waals surface area contributed by atoms with Crippen LogP contribution in [0.25, 0.3) is 0 Å². The summed E-state index contributed by atoms with van der Waals surface area (Å²) >= 11 is 0. The summed E-state index contributed by atoms with van der Waals surface area (Å²) in [5.74, 6) is -4.19. The highest BCUT2D eigenvalue weighted by atomic mass is 31.2. The van der Waals surface area contributed by atoms with Gasteiger partial charge in [0.25, 0.3) is 0 Å². The maximum Gasteiger partial charge on any atom is 0.408 e. The van der Waals surface area contributed by atoms with Gasteiger partial charge in [0.15, 0.2) is 0 Å². The first-order valence-electron chi connectivity index (χ1n) is 24.3. The van der Waals surface area contributed by atoms with Crippen LogP contribution < -0.4 is 27.0 Å². The van der Waals surface area contributed by atoms with E-state index in [1.165, 1.54) is 4.90 Å². The molecule has 3 aromatic carbocycles. The van der Waals surface area contributed by atoms with Gasteiger partial charge in [-0.15, -0.1) is 0 Å². The van der Waals surface area contributed by atoms with E-state index in [9.17, 15) is 42.9 Å². The Morgan fingerprint density at radius 2 is 1.26 bits per heavy atom. The molecule has 2 aliphatic rings. The van der Waals surface area contributed by atoms with Crippen molar-refractivity contribution in [1.82, 2.24) is 26.2 Å². The molecule has 1 unspecified atom stereocenters. The molecule has 20 nitrogen and oxygen atoms in total. The first-order valence-corrected chi connectivity index (χ1v) is 26.0. The third-order valence-corrected chi connectivity index (χ3v) is 13.8. The van der Waals surface area contributed by atoms with Gasteiger partial charge < -0.3 is 46.1 Å². The van der Waals surface area contributed by atoms with E-state index in [0.29, 0.717) is 42.4 Å². The van der Waals surface area contributed by atoms with Crippen LogP contribution in [0.1, 0.15) is 109 Å². The molecule has 6 amide bonds. The molecule has 2 aliphatic heterocycles. The molecule has 0 radical (unpaired) electrons. The summed E-state index contributed by atoms with van der Waals surface area (Å²) in [6, 6.07) is 19.7. The van der Waals surface area contributed by atoms with Crippen LogP contribution in [0.4, 0.5) is 4.79 Å². The van der Waals surface area contributed by atoms with Crippen molar-refractivity contribution in [2.45, 2.75) is 142 Å². The molecule has 2 heterocycles. The third kappa shape index (κ3) is 18.1. The van der Waals surface area contributed by atoms with E-state index in [2.05, 4.69) is 21.3 Å². The van der Waals surface area contributed by atoms with E-state index in [0.717, 1.165) is 5.56 Å². The molecule has 2 fully saturated rings. The van der Waals surface area contributed by atoms with Crippen LogP contribution in [0, 0.1) is 10.8 Å². The van der Waals surface area contributed by atoms with Crippen LogP contribution in [0.3, 0.4) is 0 Å². The summed E-state index contributed by atoms with van der Waals surface area (Å²) in [5.41, 5.74) is 6.16. The highest BCUT2D eigenvalue weighted by Gasteiger charge is 2.46. The topological polar surface area (TPSA) is 277 Å². The predicted octanol–water partition coefficient (Wildman–Crippen LogP) is 5.44. The smallest absolute Gasteiger partial charge is 0.408 e. The first-order chi connectivity index (χ1) is 34.5. The number of carbonyl (C=O) groups is 8. The predicted molar refractivity (Wildman–Crippen MR) is 266 cm³/mol. The Balaban J connectivity index is 1.30. The molecule has 0 aliphatic carbocycles. The molecule has 396 valence electrons. The quantitative estimate of drug-likeness (QED) is 0.0343. The second kappa shape index (κ2) is 26.4. The lowest BCUT2D eigenvalue weighted by atomic mass is 9.98. The fraction of sp³-hybridized carbons (Fsp3) is 0.500. The molecule has 0 bridgehead atoms. The molecule has 2 saturated heterocycles. The Kier molecular flexibility index (Phi) is 20.7. The number of hydrogen-bond donors (Lipinski definition) is 5. The zero-order valence-electron chi connectivity index (χ0n) is 42.3. The van der Waals surface area contributed by atoms with Gasteiger partial charge in [0.05, 0.1) is 17.0 Å². The zero-order chi connectivity index (χ0) is 53.3. The molecule has 5 atom stereocenters. The highest BCUT2D eigenvalue weighted by molar-refractivity contribution is 7.53. The van der Waals surface area contributed by atoms with E-state index in [1.807, 2.05) is 36.4 Å². The van der Waals surface area contributed by atoms with Crippen molar-refractivity contribution >= 4 is 55.2 Å². The molecule has 0 aromatic heterocycles. The lowest BCUT2D eigenvalue weighted by Crippen LogP contribution is -2.58. The number of rotatable bonds is 23. The minimum Gasteiger partial charge on any atom is -0.445 e. The summed E-state index contributed by atoms with van der Waals surface area (Å²) < 4.78 is 40.8. The van der Waals surface area contributed by atoms with Gasteiger partial charge in [0.2, 0.25) is 43.1 Å². The molecule has 0 saturated carbocycles. The maximum atomic E-state index is 14.5. The average Bonchev–Trinajstić information content (AvgIpc) is 3.71. The van der Waals surface area contributed by atoms with E-state index >= 15 is 0 Å². The normalized spacial score (nSPS) is 17.7. The lowest BCUT2D eigenvalue weighted by molar-refractivity contribution is -0.162. The van der Waals surface area contributed by atoms with Crippen LogP contribution in [0.5, 0.6) is 0 Å². The number of hydrogen-bond acceptors (Lipinski definition) is 14. The minimum atomic E-state index is -4.14. The Labute approximate surface area is 426 Å². The standard InChI is InChI=1S/C52H69N6O14P/c1-51(2,3)48(64)69-32-71-73(67,72-33-70-49(65)52(4,5)6)31-37-22-20-34(21-23-37)28-41(57-50(66)68-30-36-16-11-8-12-17-36)45(61)56-40-19-13-18-38-24-26-42(58(38)47(40)63)46(62)55-39(25-27-43(53)59)44(60)54-29-35-14-9-7-10-15-35/h7-12,14-17,20-23,38-42H,13,18-19,24-33H2,1-6H3,(H2,53,59)(H,54,60)(H,55,62)(H,56,61)(H,57,66)/t38?,39-,40-,41-,42-/m0/s1. The summed E-state index contributed by atoms with van der Waals surface area (Å²) in [5, 5.41) is 11.0. The maximum absolute atomic E-state index is 14.5. The van der Waals surface area contributed by atoms with Crippen LogP contribution in [0.2, 0.25) is 0 Å². The summed E-state index contributed by atoms with van der Waals surface area (Å²) in [4.78, 5) is 108. The Morgan fingerprint density at radius 3 is 1.84 bits per heavy atom. The highest BCUT2D eigenvalue weighted by Crippen LogP contribution is 2.51. The van der Waals surface area contributed by atoms with E-state index < -0.39 is 104 Å². The monoisotopic (exact) mass is 1030 g/mol. The van der Waals surface area contributed by atoms with E-state index in [1.54, 1.807) is 90.1 Å². The first kappa shape index (κ1) is 57.3. The molecule has 0 spiro atoms. The van der Waals surface area contributed by atoms with Crippen LogP contribution in [-0.4, -0.2) is 96.3 Å². The van der Waals surface area contributed by atoms with Crippen molar-refractivity contribution in [2.24, 2.45) is 16.6 Å². The summed E-state index contributed by atoms with van der Waals surface area (Å²) in [7, 11) is -4.14. The number of nitrogens with two attached hydrogens (primary N) is 1. The van der Waals surface area contributed by atoms with Crippen molar-refractivity contribution in [3.63, 3.8) is 0 Å². The summed E-state index contributed by atoms with van der Waals surface area (Å²) in [6.07, 6.45) is 0.556. The minimum absolute atomic E-state index is 0.0636. The Bertz CT molecular complexity index is 2410. The van der Waals surface area contributed by atoms with Gasteiger partial charge in [-0.25, -0.2) is 4.79 Å². The van der Waals surface area contributed by atoms with Gasteiger partial charge in [0.1, 0.15) is 30.8 Å². The van der Waals surface area contributed by atoms with Gasteiger partial charge in [-0.05, 0) is 102 Å². The van der Waals surface area contributed by atoms with Gasteiger partial charge in [-0.2, -0.15) is 0 Å². The van der Waals surface area contributed by atoms with Crippen molar-refractivity contribution in [2.75, 3.05) is 13.6 Å². The van der Waals surface area contributed by atoms with Gasteiger partial charge in [-0.3, -0.25) is 47.2 Å². The zero-order valence-corrected chi connectivity index (χ0v) is 43.2. The number of fused-ring (bicyclic) bond motifs is 1. The van der Waals surface area contributed by atoms with Crippen LogP contribution in [-0.2, 0) is 87.1 Å². The largest absolute Gasteiger partial charge is 0.445 e. The van der Waals surface area contributed by atoms with Crippen molar-refractivity contribution in [3.8, 4) is 0 Å². The van der Waals surface area contributed by atoms with Crippen LogP contribution in [0.15, 0.2) is 84.9 Å². The molecule has 73 heavy (non-hydrogen) atoms. The average molecular weight is 1030 g/mol. The van der Waals surface area contributed by atoms with E-state index in [4.69, 9.17) is 29.0 Å². The number of primary amides is 1. The van der Waals surface area contributed by atoms with Crippen molar-refractivity contribution in [3.05, 3.63) is 107 Å². The number of carbonyl (C=O) groups excluding carboxylic acids is 8. The van der Waals surface area contributed by atoms with Gasteiger partial charge in [-0.1, -0.05) is 84.9 Å². The molecule has 5 rings (SSSR count). The number of nitrogens with one attached hydrogen (secondary N) is 4. The fourth-order valence-corrected chi connectivity index (χ4v) is 9.34. The second-order valence-electron chi connectivity index (χ2n) is 20.2. The van der Waals surface area contributed by atoms with Crippen molar-refractivity contribution in [1.29, 1.82) is 0 Å². The number of alkyl carbamates (subject to hydrolysis) is 1. The van der Waals surface area contributed by atoms with E-state index in [-0.39, 0.29) is 51.0 Å². The number of esters is 2. The second-order valence-corrected chi connectivity index (χ2v) is 22.2. The number of ether oxygens (including phenoxy) is 3. The molecule has 3 aromatic rings. The number of amides is 6. The molecule has 6 N–H and O–H groups in total. The third-order valence-electron chi connectivity index (χ3n) is 12.1. The SMILES string of the molecule is CC(C)(C)C(=O)OCOP(=O)(Cc1ccc(C[C@H](NC(=O)OCc2ccccc2)C(=O)N[C@H]2CCCC3CC[C@@H](C(=O)N[C@@H](CCC(N)=O)C(=O)NCc4ccccc4)N3C2=O)cc1)OCOC(=O)C(C)(C)C. The molecular weight excluding hydrogens is 964 g/mol. The number of benzene rings is 3. The van der Waals surface area contributed by atoms with Gasteiger partial charge in [0, 0.05) is 25.4 Å². The fourth-order valence-electron chi connectivity index (χ4n) is 7.99. The van der Waals surface area contributed by atoms with Gasteiger partial charge >= 0.3 is 25.6 Å². The number of nitrogens with zero attached hydrogens (tertiary/aromatic N) is 1. The Morgan fingerprint density at radius 1 is 0.685 bits per heavy atom. The summed E-state index contributed by atoms with van der Waals surface area (Å²) in [6.45, 7) is 8.51. The van der Waals surface area contributed by atoms with Crippen molar-refractivity contribution < 1.29 is 66.2 Å².